The minimum atomic E-state index is -0.410. The topological polar surface area (TPSA) is 91.9 Å². The van der Waals surface area contributed by atoms with Crippen molar-refractivity contribution >= 4 is 22.8 Å². The number of aromatic nitrogens is 1. The first kappa shape index (κ1) is 15.7. The quantitative estimate of drug-likeness (QED) is 0.500. The van der Waals surface area contributed by atoms with Crippen molar-refractivity contribution in [3.63, 3.8) is 0 Å². The summed E-state index contributed by atoms with van der Waals surface area (Å²) in [5.74, 6) is -0.791. The zero-order valence-corrected chi connectivity index (χ0v) is 13.6. The highest BCUT2D eigenvalue weighted by Gasteiger charge is 2.14. The Morgan fingerprint density at radius 2 is 1.75 bits per heavy atom. The Kier molecular flexibility index (Phi) is 4.00. The van der Waals surface area contributed by atoms with Crippen LogP contribution in [0.3, 0.4) is 0 Å². The molecule has 3 aromatic rings. The normalized spacial score (nSPS) is 10.6. The molecular weight excluding hydrogens is 300 g/mol. The van der Waals surface area contributed by atoms with Gasteiger partial charge in [0.05, 0.1) is 16.8 Å². The number of nitrogens with two attached hydrogens (primary N) is 1. The van der Waals surface area contributed by atoms with Gasteiger partial charge in [-0.2, -0.15) is 0 Å². The van der Waals surface area contributed by atoms with E-state index in [1.165, 1.54) is 0 Å². The number of amides is 1. The third-order valence-electron chi connectivity index (χ3n) is 3.73. The molecule has 0 unspecified atom stereocenters. The van der Waals surface area contributed by atoms with E-state index in [0.29, 0.717) is 11.3 Å². The summed E-state index contributed by atoms with van der Waals surface area (Å²) >= 11 is 0. The van der Waals surface area contributed by atoms with Gasteiger partial charge >= 0.3 is 0 Å². The molecule has 1 amide bonds. The molecule has 0 atom stereocenters. The van der Waals surface area contributed by atoms with Crippen molar-refractivity contribution in [2.24, 2.45) is 5.73 Å². The van der Waals surface area contributed by atoms with Crippen LogP contribution < -0.4 is 11.1 Å². The Morgan fingerprint density at radius 1 is 1.08 bits per heavy atom. The standard InChI is InChI=1S/C19H18N4O/c1-11-7-12(2)9-13(8-11)17-10-15(18(24)23-19(20)21)14-5-3-4-6-16(14)22-17/h3-10H,1-2H3,(H4,20,21,23,24). The first-order valence-electron chi connectivity index (χ1n) is 7.58. The summed E-state index contributed by atoms with van der Waals surface area (Å²) in [6.45, 7) is 4.06. The van der Waals surface area contributed by atoms with Gasteiger partial charge in [-0.05, 0) is 38.1 Å². The second-order valence-corrected chi connectivity index (χ2v) is 5.82. The number of guanidine groups is 1. The molecule has 3 rings (SSSR count). The van der Waals surface area contributed by atoms with Crippen LogP contribution in [0.25, 0.3) is 22.2 Å². The molecule has 0 aliphatic rings. The number of hydrogen-bond donors (Lipinski definition) is 3. The fourth-order valence-corrected chi connectivity index (χ4v) is 2.82. The third-order valence-corrected chi connectivity index (χ3v) is 3.73. The Bertz CT molecular complexity index is 942. The lowest BCUT2D eigenvalue weighted by Crippen LogP contribution is -2.35. The molecule has 0 spiro atoms. The number of hydrogen-bond acceptors (Lipinski definition) is 3. The minimum absolute atomic E-state index is 0.381. The van der Waals surface area contributed by atoms with E-state index in [2.05, 4.69) is 16.4 Å². The van der Waals surface area contributed by atoms with Crippen molar-refractivity contribution in [1.29, 1.82) is 5.41 Å². The molecule has 0 radical (unpaired) electrons. The second-order valence-electron chi connectivity index (χ2n) is 5.82. The maximum Gasteiger partial charge on any atom is 0.258 e. The summed E-state index contributed by atoms with van der Waals surface area (Å²) < 4.78 is 0. The first-order valence-corrected chi connectivity index (χ1v) is 7.58. The monoisotopic (exact) mass is 318 g/mol. The molecule has 0 bridgehead atoms. The summed E-state index contributed by atoms with van der Waals surface area (Å²) in [6.07, 6.45) is 0. The summed E-state index contributed by atoms with van der Waals surface area (Å²) in [5.41, 5.74) is 10.4. The van der Waals surface area contributed by atoms with Crippen LogP contribution in [0.1, 0.15) is 21.5 Å². The van der Waals surface area contributed by atoms with Gasteiger partial charge in [-0.3, -0.25) is 15.5 Å². The number of para-hydroxylation sites is 1. The Labute approximate surface area is 140 Å². The maximum atomic E-state index is 12.4. The lowest BCUT2D eigenvalue weighted by atomic mass is 10.0. The van der Waals surface area contributed by atoms with Gasteiger partial charge in [0, 0.05) is 10.9 Å². The van der Waals surface area contributed by atoms with Crippen molar-refractivity contribution in [3.8, 4) is 11.3 Å². The van der Waals surface area contributed by atoms with Gasteiger partial charge in [-0.25, -0.2) is 4.98 Å². The number of carbonyl (C=O) groups excluding carboxylic acids is 1. The van der Waals surface area contributed by atoms with Gasteiger partial charge in [-0.1, -0.05) is 35.4 Å². The molecule has 0 aliphatic carbocycles. The van der Waals surface area contributed by atoms with Crippen molar-refractivity contribution < 1.29 is 4.79 Å². The number of rotatable bonds is 2. The summed E-state index contributed by atoms with van der Waals surface area (Å²) in [4.78, 5) is 17.1. The highest BCUT2D eigenvalue weighted by atomic mass is 16.1. The molecule has 0 saturated carbocycles. The number of pyridine rings is 1. The number of nitrogens with one attached hydrogen (secondary N) is 2. The molecule has 4 N–H and O–H groups in total. The van der Waals surface area contributed by atoms with Crippen LogP contribution in [0.5, 0.6) is 0 Å². The van der Waals surface area contributed by atoms with E-state index >= 15 is 0 Å². The van der Waals surface area contributed by atoms with Crippen LogP contribution in [0.4, 0.5) is 0 Å². The molecule has 5 nitrogen and oxygen atoms in total. The van der Waals surface area contributed by atoms with E-state index in [1.54, 1.807) is 6.07 Å². The van der Waals surface area contributed by atoms with Crippen molar-refractivity contribution in [3.05, 3.63) is 65.2 Å². The minimum Gasteiger partial charge on any atom is -0.370 e. The van der Waals surface area contributed by atoms with E-state index in [-0.39, 0.29) is 5.96 Å². The largest absolute Gasteiger partial charge is 0.370 e. The fourth-order valence-electron chi connectivity index (χ4n) is 2.82. The average Bonchev–Trinajstić information content (AvgIpc) is 2.52. The van der Waals surface area contributed by atoms with Crippen LogP contribution in [0.2, 0.25) is 0 Å². The maximum absolute atomic E-state index is 12.4. The van der Waals surface area contributed by atoms with Gasteiger partial charge in [-0.15, -0.1) is 0 Å². The number of nitrogens with zero attached hydrogens (tertiary/aromatic N) is 1. The molecule has 2 aromatic carbocycles. The molecule has 0 aliphatic heterocycles. The fraction of sp³-hybridized carbons (Fsp3) is 0.105. The second kappa shape index (κ2) is 6.12. The number of benzene rings is 2. The van der Waals surface area contributed by atoms with Crippen LogP contribution >= 0.6 is 0 Å². The number of aryl methyl sites for hydroxylation is 2. The van der Waals surface area contributed by atoms with Crippen LogP contribution in [-0.2, 0) is 0 Å². The third kappa shape index (κ3) is 3.10. The summed E-state index contributed by atoms with van der Waals surface area (Å²) in [6, 6.07) is 15.4. The molecule has 0 saturated heterocycles. The molecule has 5 heteroatoms. The SMILES string of the molecule is Cc1cc(C)cc(-c2cc(C(=O)NC(=N)N)c3ccccc3n2)c1. The Hall–Kier alpha value is -3.21. The molecule has 120 valence electrons. The predicted molar refractivity (Wildman–Crippen MR) is 96.0 cm³/mol. The summed E-state index contributed by atoms with van der Waals surface area (Å²) in [5, 5.41) is 10.4. The van der Waals surface area contributed by atoms with E-state index in [0.717, 1.165) is 27.6 Å². The van der Waals surface area contributed by atoms with Crippen LogP contribution in [-0.4, -0.2) is 16.9 Å². The Morgan fingerprint density at radius 3 is 2.42 bits per heavy atom. The number of carbonyl (C=O) groups is 1. The van der Waals surface area contributed by atoms with E-state index < -0.39 is 5.91 Å². The molecule has 24 heavy (non-hydrogen) atoms. The highest BCUT2D eigenvalue weighted by Crippen LogP contribution is 2.26. The van der Waals surface area contributed by atoms with Gasteiger partial charge in [0.15, 0.2) is 5.96 Å². The lowest BCUT2D eigenvalue weighted by Gasteiger charge is -2.11. The van der Waals surface area contributed by atoms with Crippen molar-refractivity contribution in [1.82, 2.24) is 10.3 Å². The predicted octanol–water partition coefficient (Wildman–Crippen LogP) is 3.14. The van der Waals surface area contributed by atoms with Gasteiger partial charge in [0.2, 0.25) is 0 Å². The Balaban J connectivity index is 2.23. The molecular formula is C19H18N4O. The van der Waals surface area contributed by atoms with E-state index in [1.807, 2.05) is 50.2 Å². The smallest absolute Gasteiger partial charge is 0.258 e. The zero-order chi connectivity index (χ0) is 17.3. The van der Waals surface area contributed by atoms with Crippen LogP contribution in [0.15, 0.2) is 48.5 Å². The lowest BCUT2D eigenvalue weighted by molar-refractivity contribution is 0.0978. The van der Waals surface area contributed by atoms with Gasteiger partial charge in [0.25, 0.3) is 5.91 Å². The molecule has 1 heterocycles. The molecule has 0 fully saturated rings. The van der Waals surface area contributed by atoms with E-state index in [9.17, 15) is 4.79 Å². The van der Waals surface area contributed by atoms with Crippen molar-refractivity contribution in [2.75, 3.05) is 0 Å². The van der Waals surface area contributed by atoms with Crippen molar-refractivity contribution in [2.45, 2.75) is 13.8 Å². The summed E-state index contributed by atoms with van der Waals surface area (Å²) in [7, 11) is 0. The zero-order valence-electron chi connectivity index (χ0n) is 13.6. The van der Waals surface area contributed by atoms with Gasteiger partial charge < -0.3 is 5.73 Å². The van der Waals surface area contributed by atoms with Crippen LogP contribution in [0, 0.1) is 19.3 Å². The highest BCUT2D eigenvalue weighted by molar-refractivity contribution is 6.12. The first-order chi connectivity index (χ1) is 11.4. The molecule has 1 aromatic heterocycles. The average molecular weight is 318 g/mol. The van der Waals surface area contributed by atoms with Gasteiger partial charge in [0.1, 0.15) is 0 Å². The number of fused-ring (bicyclic) bond motifs is 1. The van der Waals surface area contributed by atoms with E-state index in [4.69, 9.17) is 11.1 Å².